The van der Waals surface area contributed by atoms with Crippen LogP contribution < -0.4 is 9.84 Å². The SMILES string of the molecule is COc1ccccc1C1=NN(C(=O)CCCC(=O)[O-])[C@H](c2ccco2)C1. The van der Waals surface area contributed by atoms with Crippen LogP contribution >= 0.6 is 0 Å². The monoisotopic (exact) mass is 355 g/mol. The number of para-hydroxylation sites is 1. The Morgan fingerprint density at radius 1 is 1.27 bits per heavy atom. The number of amides is 1. The smallest absolute Gasteiger partial charge is 0.243 e. The molecule has 136 valence electrons. The predicted molar refractivity (Wildman–Crippen MR) is 91.3 cm³/mol. The number of aliphatic carboxylic acids is 1. The lowest BCUT2D eigenvalue weighted by molar-refractivity contribution is -0.305. The lowest BCUT2D eigenvalue weighted by Crippen LogP contribution is -2.27. The zero-order valence-corrected chi connectivity index (χ0v) is 14.4. The fraction of sp³-hybridized carbons (Fsp3) is 0.316. The van der Waals surface area contributed by atoms with Gasteiger partial charge in [0.1, 0.15) is 17.6 Å². The zero-order chi connectivity index (χ0) is 18.5. The number of benzene rings is 1. The highest BCUT2D eigenvalue weighted by Gasteiger charge is 2.35. The summed E-state index contributed by atoms with van der Waals surface area (Å²) in [6.45, 7) is 0. The summed E-state index contributed by atoms with van der Waals surface area (Å²) in [6.07, 6.45) is 2.17. The number of nitrogens with zero attached hydrogens (tertiary/aromatic N) is 2. The first-order chi connectivity index (χ1) is 12.6. The number of carboxylic acid groups (broad SMARTS) is 1. The summed E-state index contributed by atoms with van der Waals surface area (Å²) in [6, 6.07) is 10.7. The third kappa shape index (κ3) is 3.77. The molecule has 0 unspecified atom stereocenters. The van der Waals surface area contributed by atoms with Crippen molar-refractivity contribution in [1.29, 1.82) is 0 Å². The second-order valence-electron chi connectivity index (χ2n) is 5.95. The van der Waals surface area contributed by atoms with E-state index in [9.17, 15) is 14.7 Å². The lowest BCUT2D eigenvalue weighted by atomic mass is 10.0. The van der Waals surface area contributed by atoms with Gasteiger partial charge < -0.3 is 19.1 Å². The Bertz CT molecular complexity index is 813. The van der Waals surface area contributed by atoms with E-state index in [2.05, 4.69) is 5.10 Å². The molecule has 1 aromatic carbocycles. The normalized spacial score (nSPS) is 16.4. The summed E-state index contributed by atoms with van der Waals surface area (Å²) in [5.41, 5.74) is 1.54. The van der Waals surface area contributed by atoms with Gasteiger partial charge in [-0.1, -0.05) is 12.1 Å². The molecule has 0 N–H and O–H groups in total. The minimum atomic E-state index is -1.17. The molecule has 2 heterocycles. The molecule has 26 heavy (non-hydrogen) atoms. The van der Waals surface area contributed by atoms with Crippen molar-refractivity contribution in [1.82, 2.24) is 5.01 Å². The van der Waals surface area contributed by atoms with Gasteiger partial charge in [-0.25, -0.2) is 5.01 Å². The van der Waals surface area contributed by atoms with Crippen molar-refractivity contribution in [2.24, 2.45) is 5.10 Å². The van der Waals surface area contributed by atoms with Crippen molar-refractivity contribution in [3.05, 3.63) is 54.0 Å². The molecule has 1 aromatic heterocycles. The topological polar surface area (TPSA) is 95.2 Å². The Morgan fingerprint density at radius 2 is 2.08 bits per heavy atom. The second kappa shape index (κ2) is 7.86. The van der Waals surface area contributed by atoms with Gasteiger partial charge in [-0.15, -0.1) is 0 Å². The maximum atomic E-state index is 12.6. The van der Waals surface area contributed by atoms with E-state index >= 15 is 0 Å². The highest BCUT2D eigenvalue weighted by Crippen LogP contribution is 2.35. The van der Waals surface area contributed by atoms with Crippen LogP contribution in [0.1, 0.15) is 43.0 Å². The lowest BCUT2D eigenvalue weighted by Gasteiger charge is -2.19. The van der Waals surface area contributed by atoms with E-state index in [0.717, 1.165) is 11.3 Å². The van der Waals surface area contributed by atoms with Crippen LogP contribution in [-0.4, -0.2) is 29.7 Å². The van der Waals surface area contributed by atoms with E-state index in [1.165, 1.54) is 5.01 Å². The van der Waals surface area contributed by atoms with Crippen molar-refractivity contribution in [3.8, 4) is 5.75 Å². The minimum Gasteiger partial charge on any atom is -0.550 e. The molecular formula is C19H19N2O5-. The summed E-state index contributed by atoms with van der Waals surface area (Å²) in [5.74, 6) is -0.111. The van der Waals surface area contributed by atoms with Gasteiger partial charge in [0.2, 0.25) is 5.91 Å². The van der Waals surface area contributed by atoms with Gasteiger partial charge in [0.15, 0.2) is 0 Å². The van der Waals surface area contributed by atoms with Gasteiger partial charge in [-0.2, -0.15) is 5.10 Å². The molecule has 1 atom stereocenters. The number of ether oxygens (including phenoxy) is 1. The summed E-state index contributed by atoms with van der Waals surface area (Å²) < 4.78 is 10.9. The summed E-state index contributed by atoms with van der Waals surface area (Å²) in [7, 11) is 1.58. The van der Waals surface area contributed by atoms with E-state index in [1.807, 2.05) is 24.3 Å². The molecule has 0 bridgehead atoms. The Hall–Kier alpha value is -3.09. The molecule has 7 heteroatoms. The van der Waals surface area contributed by atoms with Crippen LogP contribution in [0.25, 0.3) is 0 Å². The third-order valence-electron chi connectivity index (χ3n) is 4.23. The third-order valence-corrected chi connectivity index (χ3v) is 4.23. The Labute approximate surface area is 150 Å². The van der Waals surface area contributed by atoms with Crippen molar-refractivity contribution < 1.29 is 23.8 Å². The number of carbonyl (C=O) groups is 2. The van der Waals surface area contributed by atoms with Crippen LogP contribution in [0.5, 0.6) is 5.75 Å². The van der Waals surface area contributed by atoms with E-state index in [4.69, 9.17) is 9.15 Å². The number of methoxy groups -OCH3 is 1. The minimum absolute atomic E-state index is 0.0773. The average molecular weight is 355 g/mol. The van der Waals surface area contributed by atoms with Crippen LogP contribution in [0.15, 0.2) is 52.2 Å². The van der Waals surface area contributed by atoms with Crippen LogP contribution in [0.2, 0.25) is 0 Å². The number of furan rings is 1. The van der Waals surface area contributed by atoms with E-state index in [-0.39, 0.29) is 31.2 Å². The number of carbonyl (C=O) groups excluding carboxylic acids is 2. The van der Waals surface area contributed by atoms with E-state index in [1.54, 1.807) is 25.5 Å². The first-order valence-electron chi connectivity index (χ1n) is 8.36. The average Bonchev–Trinajstić information content (AvgIpc) is 3.30. The Balaban J connectivity index is 1.85. The number of hydrogen-bond donors (Lipinski definition) is 0. The fourth-order valence-corrected chi connectivity index (χ4v) is 2.99. The molecule has 7 nitrogen and oxygen atoms in total. The predicted octanol–water partition coefficient (Wildman–Crippen LogP) is 1.89. The van der Waals surface area contributed by atoms with Gasteiger partial charge in [-0.05, 0) is 37.1 Å². The molecule has 0 radical (unpaired) electrons. The zero-order valence-electron chi connectivity index (χ0n) is 14.4. The maximum absolute atomic E-state index is 12.6. The molecule has 0 saturated carbocycles. The fourth-order valence-electron chi connectivity index (χ4n) is 2.99. The molecule has 0 aliphatic carbocycles. The van der Waals surface area contributed by atoms with E-state index in [0.29, 0.717) is 17.9 Å². The Kier molecular flexibility index (Phi) is 5.36. The molecule has 2 aromatic rings. The second-order valence-corrected chi connectivity index (χ2v) is 5.95. The molecule has 0 saturated heterocycles. The molecule has 0 fully saturated rings. The first-order valence-corrected chi connectivity index (χ1v) is 8.36. The molecule has 1 aliphatic rings. The number of rotatable bonds is 7. The van der Waals surface area contributed by atoms with E-state index < -0.39 is 5.97 Å². The highest BCUT2D eigenvalue weighted by atomic mass is 16.5. The van der Waals surface area contributed by atoms with Gasteiger partial charge in [0.05, 0.1) is 19.1 Å². The quantitative estimate of drug-likeness (QED) is 0.756. The number of hydrogen-bond acceptors (Lipinski definition) is 6. The molecule has 3 rings (SSSR count). The largest absolute Gasteiger partial charge is 0.550 e. The van der Waals surface area contributed by atoms with Crippen molar-refractivity contribution in [2.45, 2.75) is 31.7 Å². The molecule has 1 aliphatic heterocycles. The summed E-state index contributed by atoms with van der Waals surface area (Å²) >= 11 is 0. The molecular weight excluding hydrogens is 336 g/mol. The van der Waals surface area contributed by atoms with Crippen molar-refractivity contribution in [3.63, 3.8) is 0 Å². The van der Waals surface area contributed by atoms with Gasteiger partial charge in [-0.3, -0.25) is 4.79 Å². The van der Waals surface area contributed by atoms with Crippen LogP contribution in [-0.2, 0) is 9.59 Å². The molecule has 0 spiro atoms. The first kappa shape index (κ1) is 17.7. The number of carboxylic acids is 1. The van der Waals surface area contributed by atoms with Crippen LogP contribution in [0, 0.1) is 0 Å². The molecule has 1 amide bonds. The maximum Gasteiger partial charge on any atom is 0.243 e. The van der Waals surface area contributed by atoms with Crippen molar-refractivity contribution >= 4 is 17.6 Å². The number of hydrazone groups is 1. The van der Waals surface area contributed by atoms with Crippen molar-refractivity contribution in [2.75, 3.05) is 7.11 Å². The highest BCUT2D eigenvalue weighted by molar-refractivity contribution is 6.05. The standard InChI is InChI=1S/C19H20N2O5/c1-25-16-7-3-2-6-13(16)14-12-15(17-8-5-11-26-17)21(20-14)18(22)9-4-10-19(23)24/h2-3,5-8,11,15H,4,9-10,12H2,1H3,(H,23,24)/p-1/t15-/m0/s1. The summed E-state index contributed by atoms with van der Waals surface area (Å²) in [4.78, 5) is 23.2. The summed E-state index contributed by atoms with van der Waals surface area (Å²) in [5, 5.41) is 16.5. The van der Waals surface area contributed by atoms with Crippen LogP contribution in [0.3, 0.4) is 0 Å². The van der Waals surface area contributed by atoms with Gasteiger partial charge in [0.25, 0.3) is 0 Å². The van der Waals surface area contributed by atoms with Gasteiger partial charge >= 0.3 is 0 Å². The van der Waals surface area contributed by atoms with Gasteiger partial charge in [0, 0.05) is 24.4 Å². The Morgan fingerprint density at radius 3 is 2.77 bits per heavy atom. The van der Waals surface area contributed by atoms with Crippen LogP contribution in [0.4, 0.5) is 0 Å².